The number of carbonyl (C=O) groups excluding carboxylic acids is 2. The van der Waals surface area contributed by atoms with Gasteiger partial charge in [-0.15, -0.1) is 0 Å². The minimum Gasteiger partial charge on any atom is -0.340 e. The number of nitrogens with one attached hydrogen (secondary N) is 1. The van der Waals surface area contributed by atoms with Crippen LogP contribution >= 0.6 is 0 Å². The molecule has 0 fully saturated rings. The summed E-state index contributed by atoms with van der Waals surface area (Å²) in [6, 6.07) is 8.39. The molecule has 0 bridgehead atoms. The first-order valence-electron chi connectivity index (χ1n) is 6.77. The highest BCUT2D eigenvalue weighted by Gasteiger charge is 2.24. The molecule has 1 aliphatic heterocycles. The second kappa shape index (κ2) is 6.37. The Bertz CT molecular complexity index is 591. The van der Waals surface area contributed by atoms with Gasteiger partial charge in [-0.25, -0.2) is 0 Å². The molecule has 110 valence electrons. The van der Waals surface area contributed by atoms with Gasteiger partial charge in [-0.1, -0.05) is 42.5 Å². The van der Waals surface area contributed by atoms with Crippen LogP contribution in [-0.4, -0.2) is 35.8 Å². The van der Waals surface area contributed by atoms with Gasteiger partial charge in [0.05, 0.1) is 6.04 Å². The Morgan fingerprint density at radius 2 is 2.00 bits per heavy atom. The Kier molecular flexibility index (Phi) is 4.55. The van der Waals surface area contributed by atoms with Gasteiger partial charge in [-0.05, 0) is 18.1 Å². The van der Waals surface area contributed by atoms with Gasteiger partial charge in [0.2, 0.25) is 5.91 Å². The van der Waals surface area contributed by atoms with E-state index in [-0.39, 0.29) is 11.8 Å². The molecule has 2 rings (SSSR count). The number of carbonyl (C=O) groups is 2. The predicted octanol–water partition coefficient (Wildman–Crippen LogP) is 0.888. The molecule has 0 aliphatic carbocycles. The van der Waals surface area contributed by atoms with Crippen LogP contribution in [0.2, 0.25) is 0 Å². The van der Waals surface area contributed by atoms with Crippen molar-refractivity contribution in [2.24, 2.45) is 5.73 Å². The van der Waals surface area contributed by atoms with E-state index in [1.807, 2.05) is 36.4 Å². The van der Waals surface area contributed by atoms with Crippen LogP contribution in [0.4, 0.5) is 0 Å². The fourth-order valence-corrected chi connectivity index (χ4v) is 2.01. The minimum atomic E-state index is -0.703. The smallest absolute Gasteiger partial charge is 0.252 e. The molecule has 1 heterocycles. The molecule has 1 aromatic carbocycles. The molecule has 2 unspecified atom stereocenters. The molecule has 0 saturated carbocycles. The number of benzene rings is 1. The van der Waals surface area contributed by atoms with E-state index in [0.717, 1.165) is 11.1 Å². The summed E-state index contributed by atoms with van der Waals surface area (Å²) in [4.78, 5) is 25.4. The number of allylic oxidation sites excluding steroid dienone is 2. The first kappa shape index (κ1) is 15.0. The highest BCUT2D eigenvalue weighted by molar-refractivity contribution is 5.93. The lowest BCUT2D eigenvalue weighted by atomic mass is 10.1. The molecule has 1 aliphatic rings. The Morgan fingerprint density at radius 3 is 2.62 bits per heavy atom. The molecule has 1 aromatic rings. The quantitative estimate of drug-likeness (QED) is 0.866. The molecule has 2 atom stereocenters. The molecule has 3 N–H and O–H groups in total. The average molecular weight is 285 g/mol. The third-order valence-electron chi connectivity index (χ3n) is 3.23. The number of nitrogens with zero attached hydrogens (tertiary/aromatic N) is 1. The van der Waals surface area contributed by atoms with E-state index >= 15 is 0 Å². The molecule has 5 heteroatoms. The fraction of sp³-hybridized carbons (Fsp3) is 0.250. The highest BCUT2D eigenvalue weighted by Crippen LogP contribution is 2.19. The van der Waals surface area contributed by atoms with Crippen LogP contribution in [0.5, 0.6) is 0 Å². The summed E-state index contributed by atoms with van der Waals surface area (Å²) in [5, 5.41) is 2.64. The molecular weight excluding hydrogens is 266 g/mol. The predicted molar refractivity (Wildman–Crippen MR) is 81.9 cm³/mol. The summed E-state index contributed by atoms with van der Waals surface area (Å²) in [5.41, 5.74) is 7.43. The van der Waals surface area contributed by atoms with Crippen LogP contribution in [0.1, 0.15) is 12.5 Å². The topological polar surface area (TPSA) is 75.4 Å². The van der Waals surface area contributed by atoms with Crippen LogP contribution in [0.3, 0.4) is 0 Å². The van der Waals surface area contributed by atoms with Gasteiger partial charge in [-0.3, -0.25) is 9.59 Å². The second-order valence-corrected chi connectivity index (χ2v) is 5.03. The monoisotopic (exact) mass is 285 g/mol. The van der Waals surface area contributed by atoms with Crippen LogP contribution < -0.4 is 11.1 Å². The molecule has 21 heavy (non-hydrogen) atoms. The normalized spacial score (nSPS) is 19.8. The lowest BCUT2D eigenvalue weighted by molar-refractivity contribution is -0.132. The molecule has 0 aromatic heterocycles. The molecule has 0 radical (unpaired) electrons. The summed E-state index contributed by atoms with van der Waals surface area (Å²) in [5.74, 6) is -0.555. The zero-order valence-electron chi connectivity index (χ0n) is 12.1. The zero-order valence-corrected chi connectivity index (χ0v) is 12.1. The lowest BCUT2D eigenvalue weighted by Crippen LogP contribution is -2.49. The Labute approximate surface area is 124 Å². The summed E-state index contributed by atoms with van der Waals surface area (Å²) < 4.78 is 0. The van der Waals surface area contributed by atoms with Crippen molar-refractivity contribution < 1.29 is 9.59 Å². The molecule has 5 nitrogen and oxygen atoms in total. The summed E-state index contributed by atoms with van der Waals surface area (Å²) in [7, 11) is 1.67. The van der Waals surface area contributed by atoms with Crippen molar-refractivity contribution in [3.8, 4) is 0 Å². The van der Waals surface area contributed by atoms with Crippen LogP contribution in [0.25, 0.3) is 5.57 Å². The van der Waals surface area contributed by atoms with Gasteiger partial charge < -0.3 is 16.0 Å². The average Bonchev–Trinajstić information content (AvgIpc) is 2.61. The van der Waals surface area contributed by atoms with Crippen molar-refractivity contribution in [2.75, 3.05) is 7.05 Å². The number of likely N-dealkylation sites (N-methyl/N-ethyl adjacent to an activating group) is 1. The number of rotatable bonds is 3. The van der Waals surface area contributed by atoms with Gasteiger partial charge in [0.15, 0.2) is 0 Å². The minimum absolute atomic E-state index is 0.203. The summed E-state index contributed by atoms with van der Waals surface area (Å²) in [6.07, 6.45) is 5.28. The van der Waals surface area contributed by atoms with Crippen LogP contribution in [0, 0.1) is 0 Å². The maximum Gasteiger partial charge on any atom is 0.252 e. The molecule has 2 amide bonds. The van der Waals surface area contributed by atoms with Crippen molar-refractivity contribution in [1.29, 1.82) is 0 Å². The van der Waals surface area contributed by atoms with Gasteiger partial charge in [0.1, 0.15) is 6.04 Å². The van der Waals surface area contributed by atoms with E-state index in [1.165, 1.54) is 4.90 Å². The lowest BCUT2D eigenvalue weighted by Gasteiger charge is -2.19. The molecule has 0 saturated heterocycles. The maximum atomic E-state index is 12.3. The fourth-order valence-electron chi connectivity index (χ4n) is 2.01. The Balaban J connectivity index is 2.24. The van der Waals surface area contributed by atoms with Gasteiger partial charge in [0, 0.05) is 13.2 Å². The number of amides is 2. The maximum absolute atomic E-state index is 12.3. The van der Waals surface area contributed by atoms with Gasteiger partial charge in [-0.2, -0.15) is 0 Å². The third kappa shape index (κ3) is 3.58. The van der Waals surface area contributed by atoms with E-state index in [9.17, 15) is 9.59 Å². The van der Waals surface area contributed by atoms with Gasteiger partial charge in [0.25, 0.3) is 5.91 Å². The van der Waals surface area contributed by atoms with Crippen LogP contribution in [0.15, 0.2) is 48.7 Å². The van der Waals surface area contributed by atoms with Crippen molar-refractivity contribution in [3.05, 3.63) is 54.2 Å². The largest absolute Gasteiger partial charge is 0.340 e. The first-order valence-corrected chi connectivity index (χ1v) is 6.77. The van der Waals surface area contributed by atoms with E-state index in [1.54, 1.807) is 26.2 Å². The van der Waals surface area contributed by atoms with E-state index in [0.29, 0.717) is 0 Å². The van der Waals surface area contributed by atoms with Crippen molar-refractivity contribution >= 4 is 17.4 Å². The van der Waals surface area contributed by atoms with E-state index < -0.39 is 12.1 Å². The Morgan fingerprint density at radius 1 is 1.33 bits per heavy atom. The van der Waals surface area contributed by atoms with Gasteiger partial charge >= 0.3 is 0 Å². The second-order valence-electron chi connectivity index (χ2n) is 5.03. The third-order valence-corrected chi connectivity index (χ3v) is 3.23. The van der Waals surface area contributed by atoms with E-state index in [2.05, 4.69) is 5.32 Å². The summed E-state index contributed by atoms with van der Waals surface area (Å²) in [6.45, 7) is 1.58. The molecular formula is C16H19N3O2. The number of hydrogen-bond acceptors (Lipinski definition) is 3. The SMILES string of the molecule is CC(N)C(=O)NC1C=CC(c2ccccc2)=CN(C)C1=O. The van der Waals surface area contributed by atoms with Crippen molar-refractivity contribution in [1.82, 2.24) is 10.2 Å². The van der Waals surface area contributed by atoms with Crippen LogP contribution in [-0.2, 0) is 9.59 Å². The molecule has 0 spiro atoms. The van der Waals surface area contributed by atoms with Crippen molar-refractivity contribution in [2.45, 2.75) is 19.0 Å². The number of nitrogens with two attached hydrogens (primary N) is 1. The van der Waals surface area contributed by atoms with Crippen molar-refractivity contribution in [3.63, 3.8) is 0 Å². The first-order chi connectivity index (χ1) is 9.99. The Hall–Kier alpha value is -2.40. The summed E-state index contributed by atoms with van der Waals surface area (Å²) >= 11 is 0. The van der Waals surface area contributed by atoms with E-state index in [4.69, 9.17) is 5.73 Å². The zero-order chi connectivity index (χ0) is 15.4. The highest BCUT2D eigenvalue weighted by atomic mass is 16.2. The number of hydrogen-bond donors (Lipinski definition) is 2. The standard InChI is InChI=1S/C16H19N3O2/c1-11(17)15(20)18-14-9-8-13(10-19(2)16(14)21)12-6-4-3-5-7-12/h3-11,14H,17H2,1-2H3,(H,18,20).